The van der Waals surface area contributed by atoms with Crippen molar-refractivity contribution in [1.82, 2.24) is 9.97 Å². The van der Waals surface area contributed by atoms with E-state index in [0.29, 0.717) is 5.92 Å². The fraction of sp³-hybridized carbons (Fsp3) is 0.286. The van der Waals surface area contributed by atoms with Gasteiger partial charge in [-0.05, 0) is 24.1 Å². The molecule has 0 radical (unpaired) electrons. The third-order valence-corrected chi connectivity index (χ3v) is 4.90. The van der Waals surface area contributed by atoms with E-state index in [4.69, 9.17) is 0 Å². The van der Waals surface area contributed by atoms with Crippen molar-refractivity contribution in [1.29, 1.82) is 0 Å². The van der Waals surface area contributed by atoms with Crippen molar-refractivity contribution < 1.29 is 4.39 Å². The number of halogens is 1. The third-order valence-electron chi connectivity index (χ3n) is 2.70. The van der Waals surface area contributed by atoms with Crippen LogP contribution in [-0.2, 0) is 6.42 Å². The van der Waals surface area contributed by atoms with E-state index < -0.39 is 0 Å². The minimum Gasteiger partial charge on any atom is -0.249 e. The number of hydrogen-bond donors (Lipinski definition) is 0. The van der Waals surface area contributed by atoms with Gasteiger partial charge < -0.3 is 0 Å². The Morgan fingerprint density at radius 2 is 2.11 bits per heavy atom. The van der Waals surface area contributed by atoms with Crippen LogP contribution in [0.3, 0.4) is 0 Å². The monoisotopic (exact) mass is 292 g/mol. The van der Waals surface area contributed by atoms with E-state index in [1.165, 1.54) is 23.5 Å². The van der Waals surface area contributed by atoms with Crippen LogP contribution in [-0.4, -0.2) is 9.97 Å². The van der Waals surface area contributed by atoms with Crippen molar-refractivity contribution in [2.75, 3.05) is 0 Å². The molecule has 0 aliphatic heterocycles. The second-order valence-corrected chi connectivity index (χ2v) is 6.99. The van der Waals surface area contributed by atoms with E-state index >= 15 is 0 Å². The van der Waals surface area contributed by atoms with Crippen LogP contribution in [0.25, 0.3) is 20.1 Å². The SMILES string of the molecule is CC(C)Cc1ncc(-c2nc3ccc(F)cc3s2)s1. The lowest BCUT2D eigenvalue weighted by Crippen LogP contribution is -1.91. The maximum absolute atomic E-state index is 13.2. The van der Waals surface area contributed by atoms with Crippen molar-refractivity contribution >= 4 is 32.9 Å². The Balaban J connectivity index is 1.97. The molecule has 0 bridgehead atoms. The molecule has 0 aliphatic rings. The summed E-state index contributed by atoms with van der Waals surface area (Å²) in [5, 5.41) is 2.06. The summed E-state index contributed by atoms with van der Waals surface area (Å²) in [7, 11) is 0. The molecule has 3 rings (SSSR count). The Hall–Kier alpha value is -1.33. The van der Waals surface area contributed by atoms with Gasteiger partial charge in [-0.2, -0.15) is 0 Å². The van der Waals surface area contributed by atoms with Crippen LogP contribution in [0.15, 0.2) is 24.4 Å². The Labute approximate surface area is 119 Å². The minimum atomic E-state index is -0.215. The summed E-state index contributed by atoms with van der Waals surface area (Å²) in [5.41, 5.74) is 0.847. The molecule has 0 atom stereocenters. The molecule has 0 amide bonds. The first-order chi connectivity index (χ1) is 9.11. The smallest absolute Gasteiger partial charge is 0.136 e. The van der Waals surface area contributed by atoms with Gasteiger partial charge in [-0.15, -0.1) is 22.7 Å². The molecule has 3 aromatic rings. The molecule has 2 nitrogen and oxygen atoms in total. The van der Waals surface area contributed by atoms with Crippen molar-refractivity contribution in [3.63, 3.8) is 0 Å². The van der Waals surface area contributed by atoms with Gasteiger partial charge in [0, 0.05) is 12.6 Å². The lowest BCUT2D eigenvalue weighted by molar-refractivity contribution is 0.630. The molecule has 2 heterocycles. The fourth-order valence-corrected chi connectivity index (χ4v) is 4.02. The highest BCUT2D eigenvalue weighted by molar-refractivity contribution is 7.25. The molecule has 0 fully saturated rings. The first-order valence-corrected chi connectivity index (χ1v) is 7.76. The summed E-state index contributed by atoms with van der Waals surface area (Å²) in [5.74, 6) is 0.385. The molecule has 5 heteroatoms. The molecule has 1 aromatic carbocycles. The molecular weight excluding hydrogens is 279 g/mol. The molecule has 98 valence electrons. The van der Waals surface area contributed by atoms with E-state index in [2.05, 4.69) is 23.8 Å². The number of aromatic nitrogens is 2. The van der Waals surface area contributed by atoms with E-state index in [-0.39, 0.29) is 5.82 Å². The summed E-state index contributed by atoms with van der Waals surface area (Å²) in [6.07, 6.45) is 2.86. The Bertz CT molecular complexity index is 715. The highest BCUT2D eigenvalue weighted by Crippen LogP contribution is 2.34. The van der Waals surface area contributed by atoms with E-state index in [1.807, 2.05) is 6.20 Å². The molecule has 0 unspecified atom stereocenters. The van der Waals surface area contributed by atoms with Gasteiger partial charge in [0.1, 0.15) is 10.8 Å². The van der Waals surface area contributed by atoms with Crippen LogP contribution < -0.4 is 0 Å². The van der Waals surface area contributed by atoms with E-state index in [1.54, 1.807) is 17.4 Å². The van der Waals surface area contributed by atoms with Crippen LogP contribution in [0.1, 0.15) is 18.9 Å². The van der Waals surface area contributed by atoms with Gasteiger partial charge in [0.05, 0.1) is 20.1 Å². The number of nitrogens with zero attached hydrogens (tertiary/aromatic N) is 2. The summed E-state index contributed by atoms with van der Waals surface area (Å²) in [6, 6.07) is 4.70. The lowest BCUT2D eigenvalue weighted by atomic mass is 10.1. The average molecular weight is 292 g/mol. The van der Waals surface area contributed by atoms with Crippen LogP contribution in [0.2, 0.25) is 0 Å². The van der Waals surface area contributed by atoms with Crippen LogP contribution >= 0.6 is 22.7 Å². The van der Waals surface area contributed by atoms with Gasteiger partial charge >= 0.3 is 0 Å². The van der Waals surface area contributed by atoms with Gasteiger partial charge in [0.15, 0.2) is 0 Å². The van der Waals surface area contributed by atoms with Gasteiger partial charge in [0.25, 0.3) is 0 Å². The molecule has 0 spiro atoms. The fourth-order valence-electron chi connectivity index (χ4n) is 1.86. The molecule has 0 saturated carbocycles. The highest BCUT2D eigenvalue weighted by Gasteiger charge is 2.11. The van der Waals surface area contributed by atoms with Gasteiger partial charge in [-0.1, -0.05) is 13.8 Å². The van der Waals surface area contributed by atoms with Crippen LogP contribution in [0.5, 0.6) is 0 Å². The first-order valence-electron chi connectivity index (χ1n) is 6.13. The maximum Gasteiger partial charge on any atom is 0.136 e. The Morgan fingerprint density at radius 1 is 1.26 bits per heavy atom. The predicted molar refractivity (Wildman–Crippen MR) is 79.2 cm³/mol. The minimum absolute atomic E-state index is 0.215. The normalized spacial score (nSPS) is 11.6. The number of fused-ring (bicyclic) bond motifs is 1. The number of hydrogen-bond acceptors (Lipinski definition) is 4. The molecule has 0 saturated heterocycles. The lowest BCUT2D eigenvalue weighted by Gasteiger charge is -1.97. The predicted octanol–water partition coefficient (Wildman–Crippen LogP) is 4.76. The third kappa shape index (κ3) is 2.67. The molecule has 0 aliphatic carbocycles. The van der Waals surface area contributed by atoms with Gasteiger partial charge in [-0.3, -0.25) is 0 Å². The Morgan fingerprint density at radius 3 is 2.89 bits per heavy atom. The molecule has 2 aromatic heterocycles. The number of rotatable bonds is 3. The average Bonchev–Trinajstić information content (AvgIpc) is 2.93. The standard InChI is InChI=1S/C14H13FN2S2/c1-8(2)5-13-16-7-12(18-13)14-17-10-4-3-9(15)6-11(10)19-14/h3-4,6-8H,5H2,1-2H3. The highest BCUT2D eigenvalue weighted by atomic mass is 32.1. The largest absolute Gasteiger partial charge is 0.249 e. The molecule has 0 N–H and O–H groups in total. The van der Waals surface area contributed by atoms with Gasteiger partial charge in [-0.25, -0.2) is 14.4 Å². The summed E-state index contributed by atoms with van der Waals surface area (Å²) < 4.78 is 14.0. The van der Waals surface area contributed by atoms with Crippen molar-refractivity contribution in [2.24, 2.45) is 5.92 Å². The zero-order chi connectivity index (χ0) is 13.4. The Kier molecular flexibility index (Phi) is 3.33. The van der Waals surface area contributed by atoms with Crippen molar-refractivity contribution in [3.05, 3.63) is 35.2 Å². The number of benzene rings is 1. The van der Waals surface area contributed by atoms with Crippen LogP contribution in [0.4, 0.5) is 4.39 Å². The summed E-state index contributed by atoms with van der Waals surface area (Å²) >= 11 is 3.19. The summed E-state index contributed by atoms with van der Waals surface area (Å²) in [4.78, 5) is 10.0. The second-order valence-electron chi connectivity index (χ2n) is 4.85. The molecule has 19 heavy (non-hydrogen) atoms. The van der Waals surface area contributed by atoms with E-state index in [0.717, 1.165) is 31.5 Å². The topological polar surface area (TPSA) is 25.8 Å². The number of thiazole rings is 2. The molecular formula is C14H13FN2S2. The maximum atomic E-state index is 13.2. The van der Waals surface area contributed by atoms with E-state index in [9.17, 15) is 4.39 Å². The zero-order valence-electron chi connectivity index (χ0n) is 10.7. The van der Waals surface area contributed by atoms with Crippen molar-refractivity contribution in [3.8, 4) is 9.88 Å². The van der Waals surface area contributed by atoms with Gasteiger partial charge in [0.2, 0.25) is 0 Å². The second kappa shape index (κ2) is 4.98. The summed E-state index contributed by atoms with van der Waals surface area (Å²) in [6.45, 7) is 4.36. The first kappa shape index (κ1) is 12.7. The van der Waals surface area contributed by atoms with Crippen molar-refractivity contribution in [2.45, 2.75) is 20.3 Å². The van der Waals surface area contributed by atoms with Crippen LogP contribution in [0, 0.1) is 11.7 Å². The zero-order valence-corrected chi connectivity index (χ0v) is 12.3. The quantitative estimate of drug-likeness (QED) is 0.695.